The van der Waals surface area contributed by atoms with Crippen molar-refractivity contribution >= 4 is 15.9 Å². The molecule has 158 valence electrons. The average Bonchev–Trinajstić information content (AvgIpc) is 2.72. The highest BCUT2D eigenvalue weighted by Gasteiger charge is 2.25. The van der Waals surface area contributed by atoms with Gasteiger partial charge in [0.1, 0.15) is 12.4 Å². The Morgan fingerprint density at radius 3 is 2.34 bits per heavy atom. The molecule has 29 heavy (non-hydrogen) atoms. The lowest BCUT2D eigenvalue weighted by atomic mass is 10.3. The number of likely N-dealkylation sites (N-methyl/N-ethyl adjacent to an activating group) is 1. The van der Waals surface area contributed by atoms with Crippen LogP contribution >= 0.6 is 0 Å². The van der Waals surface area contributed by atoms with Crippen LogP contribution in [0.15, 0.2) is 53.4 Å². The van der Waals surface area contributed by atoms with Crippen LogP contribution in [0, 0.1) is 0 Å². The molecule has 0 aliphatic rings. The predicted molar refractivity (Wildman–Crippen MR) is 109 cm³/mol. The number of sulfonamides is 1. The summed E-state index contributed by atoms with van der Waals surface area (Å²) in [7, 11) is 0.351. The third-order valence-electron chi connectivity index (χ3n) is 4.08. The van der Waals surface area contributed by atoms with Crippen LogP contribution in [0.1, 0.15) is 6.92 Å². The number of carbonyl (C=O) groups is 1. The van der Waals surface area contributed by atoms with Gasteiger partial charge in [-0.25, -0.2) is 8.42 Å². The number of rotatable bonds is 10. The Hall–Kier alpha value is -2.78. The first kappa shape index (κ1) is 22.5. The number of benzene rings is 2. The molecule has 1 unspecified atom stereocenters. The summed E-state index contributed by atoms with van der Waals surface area (Å²) in [4.78, 5) is 12.3. The molecule has 2 aromatic rings. The lowest BCUT2D eigenvalue weighted by molar-refractivity contribution is -0.121. The molecule has 0 saturated carbocycles. The van der Waals surface area contributed by atoms with E-state index in [4.69, 9.17) is 14.2 Å². The Morgan fingerprint density at radius 2 is 1.72 bits per heavy atom. The average molecular weight is 423 g/mol. The lowest BCUT2D eigenvalue weighted by Crippen LogP contribution is -2.43. The number of para-hydroxylation sites is 1. The maximum atomic E-state index is 12.8. The van der Waals surface area contributed by atoms with Gasteiger partial charge in [0.15, 0.2) is 11.5 Å². The highest BCUT2D eigenvalue weighted by Crippen LogP contribution is 2.30. The molecule has 0 radical (unpaired) electrons. The lowest BCUT2D eigenvalue weighted by Gasteiger charge is -2.20. The molecule has 0 spiro atoms. The van der Waals surface area contributed by atoms with Crippen LogP contribution in [0.4, 0.5) is 0 Å². The molecule has 0 bridgehead atoms. The highest BCUT2D eigenvalue weighted by atomic mass is 32.2. The van der Waals surface area contributed by atoms with Gasteiger partial charge in [-0.05, 0) is 31.2 Å². The molecule has 0 heterocycles. The minimum Gasteiger partial charge on any atom is -0.493 e. The topological polar surface area (TPSA) is 94.2 Å². The Kier molecular flexibility index (Phi) is 7.86. The number of carbonyl (C=O) groups excluding carboxylic acids is 1. The standard InChI is InChI=1S/C20H26N2O6S/c1-15(14-28-16-8-6-5-7-9-16)21-20(23)13-22(2)29(24,25)17-10-11-18(26-3)19(12-17)27-4/h5-12,15H,13-14H2,1-4H3,(H,21,23). The molecule has 0 fully saturated rings. The van der Waals surface area contributed by atoms with E-state index >= 15 is 0 Å². The van der Waals surface area contributed by atoms with E-state index in [-0.39, 0.29) is 29.8 Å². The minimum atomic E-state index is -3.88. The van der Waals surface area contributed by atoms with Crippen molar-refractivity contribution in [1.29, 1.82) is 0 Å². The smallest absolute Gasteiger partial charge is 0.243 e. The zero-order chi connectivity index (χ0) is 21.4. The van der Waals surface area contributed by atoms with E-state index in [1.807, 2.05) is 30.3 Å². The third kappa shape index (κ3) is 6.10. The van der Waals surface area contributed by atoms with Crippen molar-refractivity contribution in [1.82, 2.24) is 9.62 Å². The number of ether oxygens (including phenoxy) is 3. The van der Waals surface area contributed by atoms with Gasteiger partial charge in [0.05, 0.1) is 31.7 Å². The third-order valence-corrected chi connectivity index (χ3v) is 5.88. The van der Waals surface area contributed by atoms with Gasteiger partial charge in [0.2, 0.25) is 15.9 Å². The first-order valence-electron chi connectivity index (χ1n) is 8.93. The van der Waals surface area contributed by atoms with Crippen molar-refractivity contribution in [2.24, 2.45) is 0 Å². The monoisotopic (exact) mass is 422 g/mol. The normalized spacial score (nSPS) is 12.3. The maximum Gasteiger partial charge on any atom is 0.243 e. The van der Waals surface area contributed by atoms with Crippen LogP contribution in [0.3, 0.4) is 0 Å². The summed E-state index contributed by atoms with van der Waals surface area (Å²) in [5.41, 5.74) is 0. The van der Waals surface area contributed by atoms with Crippen molar-refractivity contribution in [2.45, 2.75) is 17.9 Å². The van der Waals surface area contributed by atoms with Crippen molar-refractivity contribution in [3.8, 4) is 17.2 Å². The first-order valence-corrected chi connectivity index (χ1v) is 10.4. The summed E-state index contributed by atoms with van der Waals surface area (Å²) < 4.78 is 42.3. The van der Waals surface area contributed by atoms with Gasteiger partial charge in [0.25, 0.3) is 0 Å². The second kappa shape index (κ2) is 10.1. The predicted octanol–water partition coefficient (Wildman–Crippen LogP) is 1.91. The zero-order valence-corrected chi connectivity index (χ0v) is 17.7. The van der Waals surface area contributed by atoms with Crippen LogP contribution in [-0.4, -0.2) is 59.1 Å². The number of amides is 1. The molecule has 1 amide bonds. The summed E-state index contributed by atoms with van der Waals surface area (Å²) >= 11 is 0. The molecule has 0 aromatic heterocycles. The molecular weight excluding hydrogens is 396 g/mol. The molecule has 9 heteroatoms. The molecule has 1 N–H and O–H groups in total. The molecule has 8 nitrogen and oxygen atoms in total. The fourth-order valence-corrected chi connectivity index (χ4v) is 3.69. The Balaban J connectivity index is 1.95. The maximum absolute atomic E-state index is 12.8. The van der Waals surface area contributed by atoms with E-state index in [1.54, 1.807) is 6.92 Å². The quantitative estimate of drug-likeness (QED) is 0.629. The molecule has 0 aliphatic heterocycles. The molecule has 2 rings (SSSR count). The van der Waals surface area contributed by atoms with Gasteiger partial charge in [-0.2, -0.15) is 4.31 Å². The number of hydrogen-bond acceptors (Lipinski definition) is 6. The second-order valence-corrected chi connectivity index (χ2v) is 8.42. The van der Waals surface area contributed by atoms with Crippen molar-refractivity contribution in [3.05, 3.63) is 48.5 Å². The summed E-state index contributed by atoms with van der Waals surface area (Å²) in [5, 5.41) is 2.73. The van der Waals surface area contributed by atoms with Crippen LogP contribution in [0.2, 0.25) is 0 Å². The summed E-state index contributed by atoms with van der Waals surface area (Å²) in [6, 6.07) is 13.2. The van der Waals surface area contributed by atoms with E-state index in [1.165, 1.54) is 39.5 Å². The molecule has 1 atom stereocenters. The van der Waals surface area contributed by atoms with Crippen molar-refractivity contribution < 1.29 is 27.4 Å². The van der Waals surface area contributed by atoms with E-state index in [2.05, 4.69) is 5.32 Å². The largest absolute Gasteiger partial charge is 0.493 e. The number of nitrogens with one attached hydrogen (secondary N) is 1. The Labute approximate surface area is 171 Å². The summed E-state index contributed by atoms with van der Waals surface area (Å²) in [6.07, 6.45) is 0. The van der Waals surface area contributed by atoms with E-state index < -0.39 is 15.9 Å². The fourth-order valence-electron chi connectivity index (χ4n) is 2.54. The molecule has 0 saturated heterocycles. The molecule has 2 aromatic carbocycles. The Morgan fingerprint density at radius 1 is 1.07 bits per heavy atom. The second-order valence-electron chi connectivity index (χ2n) is 6.37. The highest BCUT2D eigenvalue weighted by molar-refractivity contribution is 7.89. The van der Waals surface area contributed by atoms with Gasteiger partial charge in [-0.1, -0.05) is 18.2 Å². The van der Waals surface area contributed by atoms with E-state index in [9.17, 15) is 13.2 Å². The van der Waals surface area contributed by atoms with E-state index in [0.29, 0.717) is 11.5 Å². The minimum absolute atomic E-state index is 0.00547. The molecule has 0 aliphatic carbocycles. The van der Waals surface area contributed by atoms with Gasteiger partial charge in [-0.15, -0.1) is 0 Å². The van der Waals surface area contributed by atoms with Gasteiger partial charge >= 0.3 is 0 Å². The van der Waals surface area contributed by atoms with E-state index in [0.717, 1.165) is 4.31 Å². The SMILES string of the molecule is COc1ccc(S(=O)(=O)N(C)CC(=O)NC(C)COc2ccccc2)cc1OC. The molecular formula is C20H26N2O6S. The summed E-state index contributed by atoms with van der Waals surface area (Å²) in [5.74, 6) is 0.972. The van der Waals surface area contributed by atoms with Gasteiger partial charge in [-0.3, -0.25) is 4.79 Å². The van der Waals surface area contributed by atoms with Crippen molar-refractivity contribution in [3.63, 3.8) is 0 Å². The zero-order valence-electron chi connectivity index (χ0n) is 16.9. The number of methoxy groups -OCH3 is 2. The van der Waals surface area contributed by atoms with Crippen LogP contribution in [0.25, 0.3) is 0 Å². The summed E-state index contributed by atoms with van der Waals surface area (Å²) in [6.45, 7) is 1.72. The van der Waals surface area contributed by atoms with Crippen molar-refractivity contribution in [2.75, 3.05) is 34.4 Å². The van der Waals surface area contributed by atoms with Crippen LogP contribution in [-0.2, 0) is 14.8 Å². The van der Waals surface area contributed by atoms with Crippen LogP contribution < -0.4 is 19.5 Å². The number of hydrogen-bond donors (Lipinski definition) is 1. The van der Waals surface area contributed by atoms with Crippen LogP contribution in [0.5, 0.6) is 17.2 Å². The number of nitrogens with zero attached hydrogens (tertiary/aromatic N) is 1. The first-order chi connectivity index (χ1) is 13.8. The van der Waals surface area contributed by atoms with Gasteiger partial charge in [0, 0.05) is 13.1 Å². The van der Waals surface area contributed by atoms with Gasteiger partial charge < -0.3 is 19.5 Å². The Bertz CT molecular complexity index is 918. The fraction of sp³-hybridized carbons (Fsp3) is 0.350.